The zero-order chi connectivity index (χ0) is 26.2. The smallest absolute Gasteiger partial charge is 0.294 e. The molecule has 4 heterocycles. The molecule has 0 bridgehead atoms. The van der Waals surface area contributed by atoms with Gasteiger partial charge in [-0.15, -0.1) is 0 Å². The van der Waals surface area contributed by atoms with Crippen LogP contribution < -0.4 is 15.6 Å². The van der Waals surface area contributed by atoms with Crippen LogP contribution in [0.5, 0.6) is 5.75 Å². The lowest BCUT2D eigenvalue weighted by Gasteiger charge is -2.14. The van der Waals surface area contributed by atoms with Crippen LogP contribution in [-0.4, -0.2) is 70.0 Å². The predicted octanol–water partition coefficient (Wildman–Crippen LogP) is 2.41. The lowest BCUT2D eigenvalue weighted by molar-refractivity contribution is 0.333. The first kappa shape index (κ1) is 24.9. The molecule has 194 valence electrons. The lowest BCUT2D eigenvalue weighted by atomic mass is 9.98. The molecule has 1 unspecified atom stereocenters. The summed E-state index contributed by atoms with van der Waals surface area (Å²) in [5.74, 6) is 0.984. The first-order valence-electron chi connectivity index (χ1n) is 12.1. The maximum atomic E-state index is 13.3. The van der Waals surface area contributed by atoms with E-state index < -0.39 is 15.6 Å². The molecule has 0 saturated carbocycles. The Kier molecular flexibility index (Phi) is 6.69. The number of likely N-dealkylation sites (tertiary alicyclic amines) is 1. The highest BCUT2D eigenvalue weighted by atomic mass is 32.2. The SMILES string of the molecule is CCOc1cc2cnc(Nc3ccc(C4CCN(C)C4)cc3)nc2n(Cc2ccnn2S(C)(=O)=O)c1=O. The van der Waals surface area contributed by atoms with Gasteiger partial charge in [0.1, 0.15) is 5.65 Å². The third kappa shape index (κ3) is 5.20. The summed E-state index contributed by atoms with van der Waals surface area (Å²) in [5, 5.41) is 7.69. The number of anilines is 2. The minimum Gasteiger partial charge on any atom is -0.488 e. The lowest BCUT2D eigenvalue weighted by Crippen LogP contribution is -2.26. The van der Waals surface area contributed by atoms with Crippen LogP contribution in [0.1, 0.15) is 30.5 Å². The molecular weight excluding hydrogens is 494 g/mol. The second kappa shape index (κ2) is 9.94. The quantitative estimate of drug-likeness (QED) is 0.371. The van der Waals surface area contributed by atoms with E-state index in [1.54, 1.807) is 25.3 Å². The number of hydrogen-bond donors (Lipinski definition) is 1. The van der Waals surface area contributed by atoms with Gasteiger partial charge in [0.2, 0.25) is 5.95 Å². The number of rotatable bonds is 8. The topological polar surface area (TPSA) is 124 Å². The largest absolute Gasteiger partial charge is 0.488 e. The molecule has 1 fully saturated rings. The number of ether oxygens (including phenoxy) is 1. The van der Waals surface area contributed by atoms with Crippen LogP contribution in [0.4, 0.5) is 11.6 Å². The fourth-order valence-electron chi connectivity index (χ4n) is 4.66. The highest BCUT2D eigenvalue weighted by molar-refractivity contribution is 7.89. The molecule has 1 aliphatic heterocycles. The molecule has 0 amide bonds. The summed E-state index contributed by atoms with van der Waals surface area (Å²) in [7, 11) is -1.51. The van der Waals surface area contributed by atoms with Crippen LogP contribution in [0.15, 0.2) is 53.6 Å². The summed E-state index contributed by atoms with van der Waals surface area (Å²) >= 11 is 0. The average molecular weight is 524 g/mol. The first-order valence-corrected chi connectivity index (χ1v) is 13.9. The fourth-order valence-corrected chi connectivity index (χ4v) is 5.43. The molecule has 5 rings (SSSR count). The van der Waals surface area contributed by atoms with Gasteiger partial charge in [-0.25, -0.2) is 13.4 Å². The Morgan fingerprint density at radius 3 is 2.65 bits per heavy atom. The zero-order valence-corrected chi connectivity index (χ0v) is 21.8. The van der Waals surface area contributed by atoms with E-state index in [9.17, 15) is 13.2 Å². The number of pyridine rings is 1. The monoisotopic (exact) mass is 523 g/mol. The van der Waals surface area contributed by atoms with Crippen LogP contribution >= 0.6 is 0 Å². The molecule has 1 atom stereocenters. The van der Waals surface area contributed by atoms with Crippen molar-refractivity contribution in [1.29, 1.82) is 0 Å². The Bertz CT molecular complexity index is 1600. The van der Waals surface area contributed by atoms with Crippen molar-refractivity contribution in [3.63, 3.8) is 0 Å². The second-order valence-corrected chi connectivity index (χ2v) is 11.0. The van der Waals surface area contributed by atoms with Gasteiger partial charge in [-0.1, -0.05) is 12.1 Å². The number of benzene rings is 1. The maximum absolute atomic E-state index is 13.3. The number of likely N-dealkylation sites (N-methyl/N-ethyl adjacent to an activating group) is 1. The summed E-state index contributed by atoms with van der Waals surface area (Å²) in [5.41, 5.74) is 2.36. The van der Waals surface area contributed by atoms with E-state index in [0.717, 1.165) is 35.5 Å². The molecule has 37 heavy (non-hydrogen) atoms. The van der Waals surface area contributed by atoms with Gasteiger partial charge < -0.3 is 15.0 Å². The Labute approximate surface area is 214 Å². The van der Waals surface area contributed by atoms with Crippen molar-refractivity contribution in [3.8, 4) is 5.75 Å². The minimum atomic E-state index is -3.65. The summed E-state index contributed by atoms with van der Waals surface area (Å²) in [6, 6.07) is 11.4. The van der Waals surface area contributed by atoms with Crippen molar-refractivity contribution in [2.45, 2.75) is 25.8 Å². The molecule has 0 radical (unpaired) electrons. The van der Waals surface area contributed by atoms with Gasteiger partial charge in [-0.05, 0) is 62.7 Å². The van der Waals surface area contributed by atoms with Gasteiger partial charge in [-0.3, -0.25) is 9.36 Å². The van der Waals surface area contributed by atoms with Gasteiger partial charge in [0.15, 0.2) is 5.75 Å². The normalized spacial score (nSPS) is 16.4. The van der Waals surface area contributed by atoms with Crippen molar-refractivity contribution in [2.75, 3.05) is 38.3 Å². The summed E-state index contributed by atoms with van der Waals surface area (Å²) in [6.45, 7) is 4.18. The summed E-state index contributed by atoms with van der Waals surface area (Å²) in [4.78, 5) is 24.7. The summed E-state index contributed by atoms with van der Waals surface area (Å²) < 4.78 is 32.1. The van der Waals surface area contributed by atoms with Gasteiger partial charge in [-0.2, -0.15) is 14.2 Å². The number of nitrogens with zero attached hydrogens (tertiary/aromatic N) is 6. The van der Waals surface area contributed by atoms with Gasteiger partial charge in [0, 0.05) is 23.8 Å². The van der Waals surface area contributed by atoms with Crippen LogP contribution in [0.3, 0.4) is 0 Å². The van der Waals surface area contributed by atoms with Crippen LogP contribution in [0.2, 0.25) is 0 Å². The molecule has 1 aliphatic rings. The molecule has 1 N–H and O–H groups in total. The van der Waals surface area contributed by atoms with Crippen LogP contribution in [0, 0.1) is 0 Å². The van der Waals surface area contributed by atoms with Crippen molar-refractivity contribution in [2.24, 2.45) is 0 Å². The van der Waals surface area contributed by atoms with E-state index in [0.29, 0.717) is 35.2 Å². The Hall–Kier alpha value is -3.77. The highest BCUT2D eigenvalue weighted by Crippen LogP contribution is 2.28. The third-order valence-corrected chi connectivity index (χ3v) is 7.40. The van der Waals surface area contributed by atoms with Gasteiger partial charge in [0.05, 0.1) is 31.3 Å². The molecule has 1 saturated heterocycles. The van der Waals surface area contributed by atoms with E-state index in [1.165, 1.54) is 16.3 Å². The molecular formula is C25H29N7O4S. The van der Waals surface area contributed by atoms with E-state index in [2.05, 4.69) is 44.5 Å². The molecule has 3 aromatic heterocycles. The predicted molar refractivity (Wildman–Crippen MR) is 141 cm³/mol. The van der Waals surface area contributed by atoms with Crippen molar-refractivity contribution in [1.82, 2.24) is 28.6 Å². The van der Waals surface area contributed by atoms with Crippen molar-refractivity contribution >= 4 is 32.7 Å². The Morgan fingerprint density at radius 1 is 1.19 bits per heavy atom. The summed E-state index contributed by atoms with van der Waals surface area (Å²) in [6.07, 6.45) is 5.20. The number of nitrogens with one attached hydrogen (secondary N) is 1. The second-order valence-electron chi connectivity index (χ2n) is 9.23. The van der Waals surface area contributed by atoms with Crippen LogP contribution in [-0.2, 0) is 16.6 Å². The van der Waals surface area contributed by atoms with E-state index in [-0.39, 0.29) is 12.3 Å². The maximum Gasteiger partial charge on any atom is 0.294 e. The Balaban J connectivity index is 1.50. The zero-order valence-electron chi connectivity index (χ0n) is 21.0. The molecule has 0 spiro atoms. The number of hydrogen-bond acceptors (Lipinski definition) is 9. The van der Waals surface area contributed by atoms with Crippen molar-refractivity contribution in [3.05, 3.63) is 70.4 Å². The fraction of sp³-hybridized carbons (Fsp3) is 0.360. The first-order chi connectivity index (χ1) is 17.7. The van der Waals surface area contributed by atoms with Crippen molar-refractivity contribution < 1.29 is 13.2 Å². The molecule has 11 nitrogen and oxygen atoms in total. The molecule has 1 aromatic carbocycles. The van der Waals surface area contributed by atoms with Gasteiger partial charge in [0.25, 0.3) is 15.6 Å². The highest BCUT2D eigenvalue weighted by Gasteiger charge is 2.21. The average Bonchev–Trinajstić information content (AvgIpc) is 3.52. The number of fused-ring (bicyclic) bond motifs is 1. The molecule has 4 aromatic rings. The molecule has 0 aliphatic carbocycles. The van der Waals surface area contributed by atoms with Gasteiger partial charge >= 0.3 is 0 Å². The van der Waals surface area contributed by atoms with E-state index >= 15 is 0 Å². The standard InChI is InChI=1S/C25H29N7O4S/c1-4-36-22-13-19-14-26-25(28-20-7-5-17(6-8-20)18-10-12-30(2)15-18)29-23(19)31(24(22)33)16-21-9-11-27-32(21)37(3,34)35/h5-9,11,13-14,18H,4,10,12,15-16H2,1-3H3,(H,26,28,29). The number of aromatic nitrogens is 5. The van der Waals surface area contributed by atoms with E-state index in [1.807, 2.05) is 12.1 Å². The van der Waals surface area contributed by atoms with Crippen LogP contribution in [0.25, 0.3) is 11.0 Å². The molecule has 12 heteroatoms. The van der Waals surface area contributed by atoms with E-state index in [4.69, 9.17) is 4.74 Å². The third-order valence-electron chi connectivity index (χ3n) is 6.44. The Morgan fingerprint density at radius 2 is 1.97 bits per heavy atom. The minimum absolute atomic E-state index is 0.0652.